The third-order valence-electron chi connectivity index (χ3n) is 5.69. The van der Waals surface area contributed by atoms with Crippen LogP contribution in [0, 0.1) is 5.92 Å². The van der Waals surface area contributed by atoms with E-state index in [0.29, 0.717) is 11.6 Å². The van der Waals surface area contributed by atoms with E-state index < -0.39 is 0 Å². The number of rotatable bonds is 5. The Balaban J connectivity index is 1.52. The zero-order chi connectivity index (χ0) is 20.7. The Labute approximate surface area is 173 Å². The zero-order valence-electron chi connectivity index (χ0n) is 16.3. The van der Waals surface area contributed by atoms with E-state index in [4.69, 9.17) is 10.7 Å². The minimum Gasteiger partial charge on any atom is -0.393 e. The molecule has 0 amide bonds. The second-order valence-electron chi connectivity index (χ2n) is 7.69. The Bertz CT molecular complexity index is 1200. The lowest BCUT2D eigenvalue weighted by atomic mass is 9.76. The zero-order valence-corrected chi connectivity index (χ0v) is 16.3. The van der Waals surface area contributed by atoms with Crippen LogP contribution in [0.3, 0.4) is 0 Å². The maximum Gasteiger partial charge on any atom is 0.251 e. The number of aliphatic hydroxyl groups is 2. The molecule has 1 aliphatic carbocycles. The van der Waals surface area contributed by atoms with Gasteiger partial charge in [-0.05, 0) is 43.0 Å². The molecule has 4 N–H and O–H groups in total. The number of hydrogen-bond donors (Lipinski definition) is 3. The van der Waals surface area contributed by atoms with Gasteiger partial charge in [0.1, 0.15) is 0 Å². The van der Waals surface area contributed by atoms with Gasteiger partial charge in [0.05, 0.1) is 47.5 Å². The SMILES string of the molecule is N[C@H](c1cccc(-c2ccc3cnn(-c4nccc(CO)n4)c3c2)n1)C1CC(O)C1. The molecule has 0 saturated heterocycles. The van der Waals surface area contributed by atoms with Crippen LogP contribution in [0.4, 0.5) is 0 Å². The van der Waals surface area contributed by atoms with Crippen LogP contribution in [0.2, 0.25) is 0 Å². The van der Waals surface area contributed by atoms with Crippen LogP contribution in [0.25, 0.3) is 28.1 Å². The summed E-state index contributed by atoms with van der Waals surface area (Å²) >= 11 is 0. The van der Waals surface area contributed by atoms with Crippen molar-refractivity contribution >= 4 is 10.9 Å². The Hall–Kier alpha value is -3.20. The average Bonchev–Trinajstić information content (AvgIpc) is 3.20. The molecule has 152 valence electrons. The van der Waals surface area contributed by atoms with Gasteiger partial charge in [0.2, 0.25) is 0 Å². The number of nitrogens with two attached hydrogens (primary N) is 1. The van der Waals surface area contributed by atoms with Gasteiger partial charge in [-0.15, -0.1) is 0 Å². The molecule has 1 saturated carbocycles. The van der Waals surface area contributed by atoms with Crippen LogP contribution in [0.5, 0.6) is 0 Å². The van der Waals surface area contributed by atoms with Gasteiger partial charge >= 0.3 is 0 Å². The average molecular weight is 402 g/mol. The van der Waals surface area contributed by atoms with Gasteiger partial charge in [-0.1, -0.05) is 18.2 Å². The van der Waals surface area contributed by atoms with E-state index in [1.165, 1.54) is 0 Å². The van der Waals surface area contributed by atoms with Gasteiger partial charge in [-0.3, -0.25) is 4.98 Å². The van der Waals surface area contributed by atoms with Crippen LogP contribution < -0.4 is 5.73 Å². The first-order chi connectivity index (χ1) is 14.6. The van der Waals surface area contributed by atoms with E-state index in [1.54, 1.807) is 23.1 Å². The molecular weight excluding hydrogens is 380 g/mol. The number of hydrogen-bond acceptors (Lipinski definition) is 7. The van der Waals surface area contributed by atoms with Gasteiger partial charge in [-0.2, -0.15) is 9.78 Å². The minimum absolute atomic E-state index is 0.158. The van der Waals surface area contributed by atoms with Gasteiger partial charge < -0.3 is 15.9 Å². The summed E-state index contributed by atoms with van der Waals surface area (Å²) in [5.74, 6) is 0.670. The first-order valence-corrected chi connectivity index (χ1v) is 9.94. The van der Waals surface area contributed by atoms with Crippen molar-refractivity contribution in [2.75, 3.05) is 0 Å². The molecule has 8 nitrogen and oxygen atoms in total. The van der Waals surface area contributed by atoms with Gasteiger partial charge in [0, 0.05) is 17.1 Å². The molecule has 0 spiro atoms. The molecule has 1 fully saturated rings. The third kappa shape index (κ3) is 3.35. The van der Waals surface area contributed by atoms with Crippen molar-refractivity contribution in [1.82, 2.24) is 24.7 Å². The summed E-state index contributed by atoms with van der Waals surface area (Å²) in [6.45, 7) is -0.158. The van der Waals surface area contributed by atoms with E-state index in [-0.39, 0.29) is 24.7 Å². The van der Waals surface area contributed by atoms with Crippen LogP contribution >= 0.6 is 0 Å². The second kappa shape index (κ2) is 7.56. The fourth-order valence-corrected chi connectivity index (χ4v) is 3.87. The first-order valence-electron chi connectivity index (χ1n) is 9.94. The van der Waals surface area contributed by atoms with Crippen LogP contribution in [0.15, 0.2) is 54.9 Å². The van der Waals surface area contributed by atoms with Crippen molar-refractivity contribution in [3.8, 4) is 17.2 Å². The molecule has 5 rings (SSSR count). The highest BCUT2D eigenvalue weighted by Crippen LogP contribution is 2.36. The second-order valence-corrected chi connectivity index (χ2v) is 7.69. The number of aromatic nitrogens is 5. The number of fused-ring (bicyclic) bond motifs is 1. The number of aliphatic hydroxyl groups excluding tert-OH is 2. The summed E-state index contributed by atoms with van der Waals surface area (Å²) in [6, 6.07) is 13.3. The summed E-state index contributed by atoms with van der Waals surface area (Å²) in [6.07, 6.45) is 4.58. The van der Waals surface area contributed by atoms with E-state index in [2.05, 4.69) is 15.1 Å². The summed E-state index contributed by atoms with van der Waals surface area (Å²) < 4.78 is 1.66. The van der Waals surface area contributed by atoms with Crippen molar-refractivity contribution in [1.29, 1.82) is 0 Å². The summed E-state index contributed by atoms with van der Waals surface area (Å²) in [5.41, 5.74) is 10.4. The quantitative estimate of drug-likeness (QED) is 0.467. The summed E-state index contributed by atoms with van der Waals surface area (Å²) in [5, 5.41) is 24.3. The molecule has 0 radical (unpaired) electrons. The highest BCUT2D eigenvalue weighted by molar-refractivity contribution is 5.84. The Morgan fingerprint density at radius 1 is 1.13 bits per heavy atom. The molecular formula is C22H22N6O2. The lowest BCUT2D eigenvalue weighted by Crippen LogP contribution is -2.36. The molecule has 0 bridgehead atoms. The maximum atomic E-state index is 9.57. The predicted octanol–water partition coefficient (Wildman–Crippen LogP) is 2.14. The van der Waals surface area contributed by atoms with Crippen molar-refractivity contribution < 1.29 is 10.2 Å². The molecule has 3 aromatic heterocycles. The number of pyridine rings is 1. The van der Waals surface area contributed by atoms with E-state index in [1.807, 2.05) is 36.4 Å². The Morgan fingerprint density at radius 2 is 2.00 bits per heavy atom. The fourth-order valence-electron chi connectivity index (χ4n) is 3.87. The third-order valence-corrected chi connectivity index (χ3v) is 5.69. The van der Waals surface area contributed by atoms with E-state index in [0.717, 1.165) is 40.7 Å². The lowest BCUT2D eigenvalue weighted by molar-refractivity contribution is 0.0302. The topological polar surface area (TPSA) is 123 Å². The molecule has 1 aromatic carbocycles. The van der Waals surface area contributed by atoms with Crippen molar-refractivity contribution in [3.05, 3.63) is 66.2 Å². The molecule has 1 atom stereocenters. The van der Waals surface area contributed by atoms with Crippen LogP contribution in [0.1, 0.15) is 30.3 Å². The highest BCUT2D eigenvalue weighted by Gasteiger charge is 2.33. The van der Waals surface area contributed by atoms with Crippen molar-refractivity contribution in [3.63, 3.8) is 0 Å². The first kappa shape index (κ1) is 18.8. The summed E-state index contributed by atoms with van der Waals surface area (Å²) in [7, 11) is 0. The highest BCUT2D eigenvalue weighted by atomic mass is 16.3. The molecule has 0 unspecified atom stereocenters. The fraction of sp³-hybridized carbons (Fsp3) is 0.273. The molecule has 0 aliphatic heterocycles. The molecule has 4 aromatic rings. The smallest absolute Gasteiger partial charge is 0.251 e. The number of nitrogens with zero attached hydrogens (tertiary/aromatic N) is 5. The molecule has 3 heterocycles. The Kier molecular flexibility index (Phi) is 4.74. The standard InChI is InChI=1S/C22H22N6O2/c23-21(15-8-17(30)9-15)19-3-1-2-18(27-19)13-4-5-14-11-25-28(20(14)10-13)22-24-7-6-16(12-29)26-22/h1-7,10-11,15,17,21,29-30H,8-9,12,23H2/t15?,17?,21-/m0/s1. The lowest BCUT2D eigenvalue weighted by Gasteiger charge is -2.35. The molecule has 8 heteroatoms. The van der Waals surface area contributed by atoms with E-state index in [9.17, 15) is 10.2 Å². The van der Waals surface area contributed by atoms with Crippen molar-refractivity contribution in [2.45, 2.75) is 31.6 Å². The monoisotopic (exact) mass is 402 g/mol. The van der Waals surface area contributed by atoms with Crippen LogP contribution in [-0.4, -0.2) is 41.0 Å². The van der Waals surface area contributed by atoms with Crippen LogP contribution in [-0.2, 0) is 6.61 Å². The summed E-state index contributed by atoms with van der Waals surface area (Å²) in [4.78, 5) is 13.4. The predicted molar refractivity (Wildman–Crippen MR) is 111 cm³/mol. The van der Waals surface area contributed by atoms with Gasteiger partial charge in [-0.25, -0.2) is 9.97 Å². The van der Waals surface area contributed by atoms with E-state index >= 15 is 0 Å². The van der Waals surface area contributed by atoms with Gasteiger partial charge in [0.15, 0.2) is 0 Å². The van der Waals surface area contributed by atoms with Crippen molar-refractivity contribution in [2.24, 2.45) is 11.7 Å². The number of benzene rings is 1. The largest absolute Gasteiger partial charge is 0.393 e. The maximum absolute atomic E-state index is 9.57. The Morgan fingerprint density at radius 3 is 2.80 bits per heavy atom. The normalized spacial score (nSPS) is 19.6. The minimum atomic E-state index is -0.238. The van der Waals surface area contributed by atoms with Gasteiger partial charge in [0.25, 0.3) is 5.95 Å². The molecule has 30 heavy (non-hydrogen) atoms. The molecule has 1 aliphatic rings.